The molecule has 0 saturated carbocycles. The van der Waals surface area contributed by atoms with Crippen LogP contribution >= 0.6 is 0 Å². The lowest BCUT2D eigenvalue weighted by Gasteiger charge is -2.09. The smallest absolute Gasteiger partial charge is 0.387 e. The second kappa shape index (κ2) is 6.68. The van der Waals surface area contributed by atoms with Gasteiger partial charge in [0.2, 0.25) is 0 Å². The molecule has 1 aromatic carbocycles. The minimum Gasteiger partial charge on any atom is -0.465 e. The summed E-state index contributed by atoms with van der Waals surface area (Å²) in [6.07, 6.45) is 1.28. The summed E-state index contributed by atoms with van der Waals surface area (Å²) in [6.45, 7) is -2.98. The Morgan fingerprint density at radius 1 is 1.39 bits per heavy atom. The van der Waals surface area contributed by atoms with E-state index < -0.39 is 12.6 Å². The van der Waals surface area contributed by atoms with Gasteiger partial charge < -0.3 is 14.3 Å². The standard InChI is InChI=1S/C12H12F2O4/c1-17-11(16)9-5-8(3-2-4-15)6-10(7-9)18-12(13)14/h4-7,12H,2-3H2,1H3. The number of esters is 1. The van der Waals surface area contributed by atoms with Crippen molar-refractivity contribution >= 4 is 12.3 Å². The summed E-state index contributed by atoms with van der Waals surface area (Å²) in [7, 11) is 1.19. The van der Waals surface area contributed by atoms with E-state index in [2.05, 4.69) is 9.47 Å². The number of aryl methyl sites for hydroxylation is 1. The van der Waals surface area contributed by atoms with Crippen molar-refractivity contribution in [1.82, 2.24) is 0 Å². The lowest BCUT2D eigenvalue weighted by atomic mass is 10.1. The van der Waals surface area contributed by atoms with Gasteiger partial charge in [0.25, 0.3) is 0 Å². The van der Waals surface area contributed by atoms with Crippen LogP contribution in [0.5, 0.6) is 5.75 Å². The number of hydrogen-bond acceptors (Lipinski definition) is 4. The topological polar surface area (TPSA) is 52.6 Å². The van der Waals surface area contributed by atoms with E-state index in [1.165, 1.54) is 25.3 Å². The Labute approximate surface area is 103 Å². The molecule has 0 radical (unpaired) electrons. The summed E-state index contributed by atoms with van der Waals surface area (Å²) in [5, 5.41) is 0. The first-order chi connectivity index (χ1) is 8.56. The third-order valence-corrected chi connectivity index (χ3v) is 2.16. The zero-order valence-corrected chi connectivity index (χ0v) is 9.69. The lowest BCUT2D eigenvalue weighted by Crippen LogP contribution is -2.06. The molecule has 4 nitrogen and oxygen atoms in total. The highest BCUT2D eigenvalue weighted by Gasteiger charge is 2.12. The van der Waals surface area contributed by atoms with Crippen LogP contribution < -0.4 is 4.74 Å². The molecule has 1 rings (SSSR count). The predicted octanol–water partition coefficient (Wildman–Crippen LogP) is 2.21. The quantitative estimate of drug-likeness (QED) is 0.580. The lowest BCUT2D eigenvalue weighted by molar-refractivity contribution is -0.107. The number of carbonyl (C=O) groups excluding carboxylic acids is 2. The number of halogens is 2. The fourth-order valence-electron chi connectivity index (χ4n) is 1.44. The molecule has 0 bridgehead atoms. The molecule has 1 aromatic rings. The van der Waals surface area contributed by atoms with Crippen LogP contribution in [0.2, 0.25) is 0 Å². The number of rotatable bonds is 6. The van der Waals surface area contributed by atoms with Gasteiger partial charge in [-0.05, 0) is 30.2 Å². The number of ether oxygens (including phenoxy) is 2. The Hall–Kier alpha value is -1.98. The van der Waals surface area contributed by atoms with Crippen LogP contribution in [0.4, 0.5) is 8.78 Å². The molecule has 0 atom stereocenters. The predicted molar refractivity (Wildman–Crippen MR) is 58.8 cm³/mol. The minimum absolute atomic E-state index is 0.108. The molecule has 0 aliphatic heterocycles. The van der Waals surface area contributed by atoms with E-state index in [1.807, 2.05) is 0 Å². The van der Waals surface area contributed by atoms with Crippen molar-refractivity contribution in [2.75, 3.05) is 7.11 Å². The highest BCUT2D eigenvalue weighted by molar-refractivity contribution is 5.90. The molecule has 6 heteroatoms. The molecule has 0 aliphatic rings. The van der Waals surface area contributed by atoms with Gasteiger partial charge in [0, 0.05) is 6.42 Å². The van der Waals surface area contributed by atoms with E-state index in [0.717, 1.165) is 0 Å². The molecule has 0 aromatic heterocycles. The van der Waals surface area contributed by atoms with Crippen molar-refractivity contribution in [3.05, 3.63) is 29.3 Å². The maximum absolute atomic E-state index is 12.1. The summed E-state index contributed by atoms with van der Waals surface area (Å²) >= 11 is 0. The number of alkyl halides is 2. The summed E-state index contributed by atoms with van der Waals surface area (Å²) < 4.78 is 33.0. The molecule has 0 spiro atoms. The third-order valence-electron chi connectivity index (χ3n) is 2.16. The van der Waals surface area contributed by atoms with Crippen molar-refractivity contribution in [3.63, 3.8) is 0 Å². The van der Waals surface area contributed by atoms with Gasteiger partial charge in [-0.2, -0.15) is 8.78 Å². The van der Waals surface area contributed by atoms with Crippen LogP contribution in [0.3, 0.4) is 0 Å². The molecule has 0 aliphatic carbocycles. The van der Waals surface area contributed by atoms with E-state index >= 15 is 0 Å². The van der Waals surface area contributed by atoms with Gasteiger partial charge in [0.15, 0.2) is 0 Å². The normalized spacial score (nSPS) is 10.2. The molecule has 0 unspecified atom stereocenters. The van der Waals surface area contributed by atoms with Crippen molar-refractivity contribution in [1.29, 1.82) is 0 Å². The first kappa shape index (κ1) is 14.1. The zero-order chi connectivity index (χ0) is 13.5. The molecule has 0 saturated heterocycles. The molecule has 0 heterocycles. The number of methoxy groups -OCH3 is 1. The number of benzene rings is 1. The summed E-state index contributed by atoms with van der Waals surface area (Å²) in [6, 6.07) is 4.01. The highest BCUT2D eigenvalue weighted by Crippen LogP contribution is 2.21. The van der Waals surface area contributed by atoms with Crippen LogP contribution in [0, 0.1) is 0 Å². The first-order valence-corrected chi connectivity index (χ1v) is 5.17. The fraction of sp³-hybridized carbons (Fsp3) is 0.333. The van der Waals surface area contributed by atoms with Gasteiger partial charge in [0.05, 0.1) is 12.7 Å². The Balaban J connectivity index is 3.02. The number of aldehydes is 1. The average molecular weight is 258 g/mol. The second-order valence-electron chi connectivity index (χ2n) is 3.44. The van der Waals surface area contributed by atoms with Crippen LogP contribution in [0.25, 0.3) is 0 Å². The molecule has 0 N–H and O–H groups in total. The summed E-state index contributed by atoms with van der Waals surface area (Å²) in [5.74, 6) is -0.782. The number of carbonyl (C=O) groups is 2. The average Bonchev–Trinajstić information content (AvgIpc) is 2.34. The molecular weight excluding hydrogens is 246 g/mol. The van der Waals surface area contributed by atoms with E-state index in [-0.39, 0.29) is 17.7 Å². The maximum atomic E-state index is 12.1. The van der Waals surface area contributed by atoms with E-state index in [0.29, 0.717) is 18.3 Å². The molecule has 0 amide bonds. The Kier molecular flexibility index (Phi) is 5.23. The van der Waals surface area contributed by atoms with Gasteiger partial charge in [-0.25, -0.2) is 4.79 Å². The summed E-state index contributed by atoms with van der Waals surface area (Å²) in [4.78, 5) is 21.6. The van der Waals surface area contributed by atoms with Gasteiger partial charge in [-0.15, -0.1) is 0 Å². The Bertz CT molecular complexity index is 432. The van der Waals surface area contributed by atoms with Gasteiger partial charge in [-0.3, -0.25) is 0 Å². The van der Waals surface area contributed by atoms with Crippen LogP contribution in [0.15, 0.2) is 18.2 Å². The molecule has 0 fully saturated rings. The largest absolute Gasteiger partial charge is 0.465 e. The van der Waals surface area contributed by atoms with Crippen LogP contribution in [0.1, 0.15) is 22.3 Å². The molecule has 98 valence electrons. The van der Waals surface area contributed by atoms with Crippen LogP contribution in [-0.4, -0.2) is 26.0 Å². The van der Waals surface area contributed by atoms with Crippen LogP contribution in [-0.2, 0) is 16.0 Å². The maximum Gasteiger partial charge on any atom is 0.387 e. The Morgan fingerprint density at radius 2 is 2.11 bits per heavy atom. The van der Waals surface area contributed by atoms with E-state index in [4.69, 9.17) is 0 Å². The van der Waals surface area contributed by atoms with Crippen molar-refractivity contribution in [3.8, 4) is 5.75 Å². The van der Waals surface area contributed by atoms with Gasteiger partial charge in [0.1, 0.15) is 12.0 Å². The number of hydrogen-bond donors (Lipinski definition) is 0. The summed E-state index contributed by atoms with van der Waals surface area (Å²) in [5.41, 5.74) is 0.664. The zero-order valence-electron chi connectivity index (χ0n) is 9.69. The van der Waals surface area contributed by atoms with Gasteiger partial charge >= 0.3 is 12.6 Å². The third kappa shape index (κ3) is 4.12. The van der Waals surface area contributed by atoms with Crippen molar-refractivity contribution < 1.29 is 27.8 Å². The highest BCUT2D eigenvalue weighted by atomic mass is 19.3. The van der Waals surface area contributed by atoms with E-state index in [9.17, 15) is 18.4 Å². The molecule has 18 heavy (non-hydrogen) atoms. The molecular formula is C12H12F2O4. The van der Waals surface area contributed by atoms with Gasteiger partial charge in [-0.1, -0.05) is 0 Å². The minimum atomic E-state index is -2.98. The fourth-order valence-corrected chi connectivity index (χ4v) is 1.44. The second-order valence-corrected chi connectivity index (χ2v) is 3.44. The van der Waals surface area contributed by atoms with Crippen molar-refractivity contribution in [2.45, 2.75) is 19.5 Å². The van der Waals surface area contributed by atoms with Crippen molar-refractivity contribution in [2.24, 2.45) is 0 Å². The monoisotopic (exact) mass is 258 g/mol. The van der Waals surface area contributed by atoms with E-state index in [1.54, 1.807) is 0 Å². The Morgan fingerprint density at radius 3 is 2.67 bits per heavy atom. The first-order valence-electron chi connectivity index (χ1n) is 5.17. The SMILES string of the molecule is COC(=O)c1cc(CCC=O)cc(OC(F)F)c1.